The van der Waals surface area contributed by atoms with Gasteiger partial charge in [-0.2, -0.15) is 5.10 Å². The number of aryl methyl sites for hydroxylation is 1. The summed E-state index contributed by atoms with van der Waals surface area (Å²) in [5.74, 6) is 0.0498. The molecule has 2 rings (SSSR count). The topological polar surface area (TPSA) is 59.0 Å². The van der Waals surface area contributed by atoms with Crippen LogP contribution >= 0.6 is 0 Å². The summed E-state index contributed by atoms with van der Waals surface area (Å²) in [6.07, 6.45) is 1.76. The van der Waals surface area contributed by atoms with E-state index in [0.29, 0.717) is 11.5 Å². The number of carbonyl (C=O) groups is 1. The lowest BCUT2D eigenvalue weighted by molar-refractivity contribution is 0.262. The second kappa shape index (κ2) is 5.31. The molecule has 2 N–H and O–H groups in total. The van der Waals surface area contributed by atoms with Crippen LogP contribution in [0.3, 0.4) is 0 Å². The first-order valence-electron chi connectivity index (χ1n) is 5.54. The highest BCUT2D eigenvalue weighted by molar-refractivity contribution is 5.99. The van der Waals surface area contributed by atoms with E-state index in [1.807, 2.05) is 6.92 Å². The molecule has 0 aliphatic heterocycles. The Bertz CT molecular complexity index is 553. The fourth-order valence-electron chi connectivity index (χ4n) is 1.45. The number of rotatable bonds is 3. The first-order chi connectivity index (χ1) is 8.67. The molecule has 94 valence electrons. The van der Waals surface area contributed by atoms with Gasteiger partial charge in [0.25, 0.3) is 0 Å². The summed E-state index contributed by atoms with van der Waals surface area (Å²) in [6.45, 7) is 2.68. The maximum Gasteiger partial charge on any atom is 0.324 e. The molecular formula is C12H13FN4O. The Kier molecular flexibility index (Phi) is 3.57. The number of urea groups is 1. The van der Waals surface area contributed by atoms with Crippen molar-refractivity contribution >= 4 is 17.5 Å². The smallest absolute Gasteiger partial charge is 0.308 e. The van der Waals surface area contributed by atoms with Gasteiger partial charge >= 0.3 is 6.03 Å². The number of anilines is 2. The predicted molar refractivity (Wildman–Crippen MR) is 66.9 cm³/mol. The van der Waals surface area contributed by atoms with Gasteiger partial charge in [0.15, 0.2) is 5.82 Å². The molecule has 1 aromatic heterocycles. The third kappa shape index (κ3) is 3.07. The van der Waals surface area contributed by atoms with Gasteiger partial charge in [-0.05, 0) is 25.1 Å². The van der Waals surface area contributed by atoms with Crippen LogP contribution in [0.4, 0.5) is 20.7 Å². The van der Waals surface area contributed by atoms with Crippen LogP contribution in [0, 0.1) is 5.82 Å². The SMILES string of the molecule is CCn1ccc(NC(=O)Nc2cccc(F)c2)n1. The van der Waals surface area contributed by atoms with Crippen LogP contribution in [0.15, 0.2) is 36.5 Å². The van der Waals surface area contributed by atoms with Gasteiger partial charge in [0.05, 0.1) is 0 Å². The van der Waals surface area contributed by atoms with Gasteiger partial charge in [0, 0.05) is 24.5 Å². The Morgan fingerprint density at radius 1 is 1.39 bits per heavy atom. The Balaban J connectivity index is 1.96. The van der Waals surface area contributed by atoms with Crippen molar-refractivity contribution in [3.63, 3.8) is 0 Å². The number of hydrogen-bond acceptors (Lipinski definition) is 2. The highest BCUT2D eigenvalue weighted by Crippen LogP contribution is 2.10. The summed E-state index contributed by atoms with van der Waals surface area (Å²) in [5.41, 5.74) is 0.391. The molecule has 0 radical (unpaired) electrons. The molecule has 0 saturated heterocycles. The number of amides is 2. The normalized spacial score (nSPS) is 10.1. The fourth-order valence-corrected chi connectivity index (χ4v) is 1.45. The standard InChI is InChI=1S/C12H13FN4O/c1-2-17-7-6-11(16-17)15-12(18)14-10-5-3-4-9(13)8-10/h3-8H,2H2,1H3,(H2,14,15,16,18). The van der Waals surface area contributed by atoms with Crippen LogP contribution in [-0.4, -0.2) is 15.8 Å². The van der Waals surface area contributed by atoms with Crippen molar-refractivity contribution < 1.29 is 9.18 Å². The summed E-state index contributed by atoms with van der Waals surface area (Å²) in [7, 11) is 0. The monoisotopic (exact) mass is 248 g/mol. The molecule has 0 fully saturated rings. The van der Waals surface area contributed by atoms with E-state index in [-0.39, 0.29) is 0 Å². The minimum Gasteiger partial charge on any atom is -0.308 e. The Morgan fingerprint density at radius 3 is 2.89 bits per heavy atom. The van der Waals surface area contributed by atoms with Crippen LogP contribution in [0.25, 0.3) is 0 Å². The molecule has 6 heteroatoms. The number of aromatic nitrogens is 2. The lowest BCUT2D eigenvalue weighted by atomic mass is 10.3. The zero-order chi connectivity index (χ0) is 13.0. The average Bonchev–Trinajstić information content (AvgIpc) is 2.76. The number of halogens is 1. The molecular weight excluding hydrogens is 235 g/mol. The highest BCUT2D eigenvalue weighted by Gasteiger charge is 2.05. The molecule has 0 aliphatic carbocycles. The average molecular weight is 248 g/mol. The maximum absolute atomic E-state index is 12.9. The minimum absolute atomic E-state index is 0.391. The lowest BCUT2D eigenvalue weighted by Gasteiger charge is -2.05. The molecule has 2 amide bonds. The van der Waals surface area contributed by atoms with E-state index in [1.165, 1.54) is 18.2 Å². The molecule has 0 atom stereocenters. The Morgan fingerprint density at radius 2 is 2.22 bits per heavy atom. The van der Waals surface area contributed by atoms with Gasteiger partial charge in [-0.3, -0.25) is 10.00 Å². The van der Waals surface area contributed by atoms with Crippen LogP contribution in [0.5, 0.6) is 0 Å². The third-order valence-corrected chi connectivity index (χ3v) is 2.29. The minimum atomic E-state index is -0.457. The molecule has 2 aromatic rings. The first kappa shape index (κ1) is 12.1. The van der Waals surface area contributed by atoms with E-state index in [0.717, 1.165) is 6.54 Å². The van der Waals surface area contributed by atoms with Crippen LogP contribution in [0.1, 0.15) is 6.92 Å². The van der Waals surface area contributed by atoms with E-state index in [9.17, 15) is 9.18 Å². The van der Waals surface area contributed by atoms with E-state index in [4.69, 9.17) is 0 Å². The van der Waals surface area contributed by atoms with Gasteiger partial charge in [-0.15, -0.1) is 0 Å². The second-order valence-corrected chi connectivity index (χ2v) is 3.65. The second-order valence-electron chi connectivity index (χ2n) is 3.65. The number of nitrogens with zero attached hydrogens (tertiary/aromatic N) is 2. The molecule has 1 heterocycles. The summed E-state index contributed by atoms with van der Waals surface area (Å²) in [5, 5.41) is 9.18. The zero-order valence-electron chi connectivity index (χ0n) is 9.85. The number of nitrogens with one attached hydrogen (secondary N) is 2. The lowest BCUT2D eigenvalue weighted by Crippen LogP contribution is -2.19. The van der Waals surface area contributed by atoms with Crippen LogP contribution in [-0.2, 0) is 6.54 Å². The highest BCUT2D eigenvalue weighted by atomic mass is 19.1. The van der Waals surface area contributed by atoms with Gasteiger partial charge in [-0.1, -0.05) is 6.07 Å². The van der Waals surface area contributed by atoms with Gasteiger partial charge in [0.1, 0.15) is 5.82 Å². The van der Waals surface area contributed by atoms with Crippen molar-refractivity contribution in [1.29, 1.82) is 0 Å². The summed E-state index contributed by atoms with van der Waals surface area (Å²) < 4.78 is 14.6. The van der Waals surface area contributed by atoms with Crippen molar-refractivity contribution in [1.82, 2.24) is 9.78 Å². The molecule has 0 saturated carbocycles. The van der Waals surface area contributed by atoms with Crippen molar-refractivity contribution in [2.24, 2.45) is 0 Å². The maximum atomic E-state index is 12.9. The summed E-state index contributed by atoms with van der Waals surface area (Å²) in [6, 6.07) is 6.91. The third-order valence-electron chi connectivity index (χ3n) is 2.29. The van der Waals surface area contributed by atoms with Gasteiger partial charge < -0.3 is 5.32 Å². The van der Waals surface area contributed by atoms with E-state index in [2.05, 4.69) is 15.7 Å². The van der Waals surface area contributed by atoms with Crippen molar-refractivity contribution in [2.75, 3.05) is 10.6 Å². The van der Waals surface area contributed by atoms with E-state index in [1.54, 1.807) is 23.0 Å². The zero-order valence-corrected chi connectivity index (χ0v) is 9.85. The summed E-state index contributed by atoms with van der Waals surface area (Å²) in [4.78, 5) is 11.6. The predicted octanol–water partition coefficient (Wildman–Crippen LogP) is 2.69. The Labute approximate surface area is 104 Å². The number of carbonyl (C=O) groups excluding carboxylic acids is 1. The molecule has 1 aromatic carbocycles. The molecule has 0 bridgehead atoms. The van der Waals surface area contributed by atoms with Crippen molar-refractivity contribution in [2.45, 2.75) is 13.5 Å². The fraction of sp³-hybridized carbons (Fsp3) is 0.167. The Hall–Kier alpha value is -2.37. The van der Waals surface area contributed by atoms with Gasteiger partial charge in [-0.25, -0.2) is 9.18 Å². The molecule has 5 nitrogen and oxygen atoms in total. The summed E-state index contributed by atoms with van der Waals surface area (Å²) >= 11 is 0. The molecule has 0 aliphatic rings. The molecule has 18 heavy (non-hydrogen) atoms. The number of hydrogen-bond donors (Lipinski definition) is 2. The van der Waals surface area contributed by atoms with E-state index < -0.39 is 11.8 Å². The molecule has 0 spiro atoms. The van der Waals surface area contributed by atoms with Gasteiger partial charge in [0.2, 0.25) is 0 Å². The quantitative estimate of drug-likeness (QED) is 0.877. The van der Waals surface area contributed by atoms with Crippen LogP contribution < -0.4 is 10.6 Å². The van der Waals surface area contributed by atoms with E-state index >= 15 is 0 Å². The van der Waals surface area contributed by atoms with Crippen molar-refractivity contribution in [3.05, 3.63) is 42.3 Å². The van der Waals surface area contributed by atoms with Crippen LogP contribution in [0.2, 0.25) is 0 Å². The number of benzene rings is 1. The van der Waals surface area contributed by atoms with Crippen molar-refractivity contribution in [3.8, 4) is 0 Å². The first-order valence-corrected chi connectivity index (χ1v) is 5.54. The largest absolute Gasteiger partial charge is 0.324 e. The molecule has 0 unspecified atom stereocenters.